The monoisotopic (exact) mass is 411 g/mol. The zero-order valence-electron chi connectivity index (χ0n) is 16.2. The minimum absolute atomic E-state index is 0. The molecular weight excluding hydrogens is 382 g/mol. The predicted molar refractivity (Wildman–Crippen MR) is 115 cm³/mol. The number of hydrogen-bond donors (Lipinski definition) is 2. The van der Waals surface area contributed by atoms with E-state index in [1.54, 1.807) is 0 Å². The van der Waals surface area contributed by atoms with Crippen LogP contribution in [0.5, 0.6) is 5.75 Å². The number of ketones is 1. The highest BCUT2D eigenvalue weighted by Gasteiger charge is 2.18. The zero-order chi connectivity index (χ0) is 18.9. The van der Waals surface area contributed by atoms with Gasteiger partial charge in [0.2, 0.25) is 0 Å². The average Bonchev–Trinajstić information content (AvgIpc) is 2.99. The van der Waals surface area contributed by atoms with Gasteiger partial charge in [0.25, 0.3) is 0 Å². The quantitative estimate of drug-likeness (QED) is 0.542. The third kappa shape index (κ3) is 8.01. The van der Waals surface area contributed by atoms with Gasteiger partial charge in [-0.1, -0.05) is 44.2 Å². The first-order chi connectivity index (χ1) is 12.5. The second-order valence-electron chi connectivity index (χ2n) is 7.00. The molecule has 0 bridgehead atoms. The summed E-state index contributed by atoms with van der Waals surface area (Å²) in [4.78, 5) is 13.3. The second kappa shape index (κ2) is 12.1. The van der Waals surface area contributed by atoms with E-state index in [9.17, 15) is 9.90 Å². The molecule has 27 heavy (non-hydrogen) atoms. The summed E-state index contributed by atoms with van der Waals surface area (Å²) in [5, 5.41) is 15.2. The lowest BCUT2D eigenvalue weighted by Gasteiger charge is -2.15. The minimum Gasteiger partial charge on any atom is -0.489 e. The summed E-state index contributed by atoms with van der Waals surface area (Å²) in [5.41, 5.74) is 2.10. The van der Waals surface area contributed by atoms with Crippen LogP contribution in [-0.2, 0) is 6.42 Å². The molecule has 0 saturated heterocycles. The molecule has 1 unspecified atom stereocenters. The molecule has 2 N–H and O–H groups in total. The first-order valence-corrected chi connectivity index (χ1v) is 10.0. The molecule has 4 nitrogen and oxygen atoms in total. The van der Waals surface area contributed by atoms with Crippen molar-refractivity contribution in [2.75, 3.05) is 19.7 Å². The van der Waals surface area contributed by atoms with Crippen LogP contribution in [0.4, 0.5) is 0 Å². The van der Waals surface area contributed by atoms with E-state index >= 15 is 0 Å². The number of nitrogens with one attached hydrogen (secondary N) is 1. The third-order valence-corrected chi connectivity index (χ3v) is 5.13. The van der Waals surface area contributed by atoms with Gasteiger partial charge in [-0.05, 0) is 36.8 Å². The number of rotatable bonds is 11. The van der Waals surface area contributed by atoms with Crippen LogP contribution in [0.15, 0.2) is 35.7 Å². The number of aliphatic hydroxyl groups is 1. The van der Waals surface area contributed by atoms with Crippen molar-refractivity contribution in [3.63, 3.8) is 0 Å². The predicted octanol–water partition coefficient (Wildman–Crippen LogP) is 4.28. The number of ether oxygens (including phenoxy) is 1. The lowest BCUT2D eigenvalue weighted by atomic mass is 10.1. The largest absolute Gasteiger partial charge is 0.489 e. The van der Waals surface area contributed by atoms with Crippen LogP contribution < -0.4 is 10.1 Å². The summed E-state index contributed by atoms with van der Waals surface area (Å²) >= 11 is 1.42. The van der Waals surface area contributed by atoms with E-state index < -0.39 is 6.10 Å². The summed E-state index contributed by atoms with van der Waals surface area (Å²) in [6, 6.07) is 10.0. The van der Waals surface area contributed by atoms with E-state index in [1.807, 2.05) is 42.6 Å². The lowest BCUT2D eigenvalue weighted by molar-refractivity contribution is 0.0954. The Bertz CT molecular complexity index is 688. The fourth-order valence-electron chi connectivity index (χ4n) is 2.60. The molecule has 150 valence electrons. The Kier molecular flexibility index (Phi) is 10.6. The topological polar surface area (TPSA) is 58.6 Å². The Balaban J connectivity index is 0.00000364. The van der Waals surface area contributed by atoms with Gasteiger partial charge in [0, 0.05) is 18.5 Å². The Labute approximate surface area is 172 Å². The van der Waals surface area contributed by atoms with Crippen LogP contribution in [-0.4, -0.2) is 36.7 Å². The summed E-state index contributed by atoms with van der Waals surface area (Å²) in [7, 11) is 0. The van der Waals surface area contributed by atoms with Gasteiger partial charge in [0.1, 0.15) is 23.3 Å². The van der Waals surface area contributed by atoms with Gasteiger partial charge >= 0.3 is 0 Å². The van der Waals surface area contributed by atoms with Crippen molar-refractivity contribution >= 4 is 29.5 Å². The molecule has 1 aromatic carbocycles. The number of thiophene rings is 1. The molecule has 0 radical (unpaired) electrons. The van der Waals surface area contributed by atoms with Crippen LogP contribution in [0.3, 0.4) is 0 Å². The molecule has 0 spiro atoms. The Hall–Kier alpha value is -1.40. The van der Waals surface area contributed by atoms with Crippen LogP contribution in [0.1, 0.15) is 41.1 Å². The first-order valence-electron chi connectivity index (χ1n) is 9.14. The number of Topliss-reactive ketones (excluding diaryl/α,β-unsaturated/α-hetero) is 1. The summed E-state index contributed by atoms with van der Waals surface area (Å²) in [6.07, 6.45) is 0.580. The Morgan fingerprint density at radius 2 is 1.93 bits per heavy atom. The highest BCUT2D eigenvalue weighted by Crippen LogP contribution is 2.31. The van der Waals surface area contributed by atoms with Gasteiger partial charge in [0.15, 0.2) is 5.78 Å². The van der Waals surface area contributed by atoms with E-state index in [-0.39, 0.29) is 24.8 Å². The van der Waals surface area contributed by atoms with Crippen LogP contribution in [0, 0.1) is 12.8 Å². The van der Waals surface area contributed by atoms with E-state index in [0.717, 1.165) is 24.1 Å². The van der Waals surface area contributed by atoms with Crippen molar-refractivity contribution in [1.29, 1.82) is 0 Å². The van der Waals surface area contributed by atoms with Gasteiger partial charge in [-0.15, -0.1) is 23.7 Å². The van der Waals surface area contributed by atoms with Gasteiger partial charge < -0.3 is 15.2 Å². The third-order valence-electron chi connectivity index (χ3n) is 4.01. The molecule has 1 aromatic heterocycles. The van der Waals surface area contributed by atoms with E-state index in [1.165, 1.54) is 11.3 Å². The van der Waals surface area contributed by atoms with Gasteiger partial charge in [-0.25, -0.2) is 0 Å². The average molecular weight is 412 g/mol. The second-order valence-corrected chi connectivity index (χ2v) is 7.88. The van der Waals surface area contributed by atoms with Crippen molar-refractivity contribution in [3.05, 3.63) is 51.7 Å². The van der Waals surface area contributed by atoms with Crippen LogP contribution in [0.25, 0.3) is 0 Å². The fourth-order valence-corrected chi connectivity index (χ4v) is 3.56. The van der Waals surface area contributed by atoms with Crippen molar-refractivity contribution in [2.24, 2.45) is 5.92 Å². The number of aryl methyl sites for hydroxylation is 2. The molecule has 2 aromatic rings. The maximum atomic E-state index is 12.6. The highest BCUT2D eigenvalue weighted by molar-refractivity contribution is 7.12. The minimum atomic E-state index is -0.597. The van der Waals surface area contributed by atoms with E-state index in [4.69, 9.17) is 4.74 Å². The first kappa shape index (κ1) is 23.6. The smallest absolute Gasteiger partial charge is 0.176 e. The highest BCUT2D eigenvalue weighted by atomic mass is 35.5. The number of carbonyl (C=O) groups excluding carboxylic acids is 1. The summed E-state index contributed by atoms with van der Waals surface area (Å²) in [6.45, 7) is 7.71. The maximum absolute atomic E-state index is 12.6. The molecule has 1 atom stereocenters. The maximum Gasteiger partial charge on any atom is 0.176 e. The Morgan fingerprint density at radius 3 is 2.59 bits per heavy atom. The van der Waals surface area contributed by atoms with Crippen LogP contribution in [0.2, 0.25) is 0 Å². The summed E-state index contributed by atoms with van der Waals surface area (Å²) < 4.78 is 5.80. The number of halogens is 1. The lowest BCUT2D eigenvalue weighted by Crippen LogP contribution is -2.33. The fraction of sp³-hybridized carbons (Fsp3) is 0.476. The van der Waals surface area contributed by atoms with Gasteiger partial charge in [-0.2, -0.15) is 0 Å². The Morgan fingerprint density at radius 1 is 1.22 bits per heavy atom. The van der Waals surface area contributed by atoms with E-state index in [2.05, 4.69) is 19.2 Å². The van der Waals surface area contributed by atoms with Crippen LogP contribution >= 0.6 is 23.7 Å². The standard InChI is InChI=1S/C21H29NO3S.ClH/c1-15(2)11-22-12-18(23)13-25-20-16(3)14-26-21(20)19(24)10-9-17-7-5-4-6-8-17;/h4-8,14-15,18,22-23H,9-13H2,1-3H3;1H. The number of benzene rings is 1. The molecular formula is C21H30ClNO3S. The molecule has 6 heteroatoms. The van der Waals surface area contributed by atoms with Gasteiger partial charge in [-0.3, -0.25) is 4.79 Å². The number of carbonyl (C=O) groups is 1. The molecule has 0 fully saturated rings. The SMILES string of the molecule is Cc1csc(C(=O)CCc2ccccc2)c1OCC(O)CNCC(C)C.Cl. The molecule has 0 aliphatic carbocycles. The molecule has 0 amide bonds. The molecule has 2 rings (SSSR count). The summed E-state index contributed by atoms with van der Waals surface area (Å²) in [5.74, 6) is 1.25. The van der Waals surface area contributed by atoms with Crippen molar-refractivity contribution in [2.45, 2.75) is 39.7 Å². The van der Waals surface area contributed by atoms with Crippen molar-refractivity contribution in [3.8, 4) is 5.75 Å². The van der Waals surface area contributed by atoms with Gasteiger partial charge in [0.05, 0.1) is 0 Å². The number of aliphatic hydroxyl groups excluding tert-OH is 1. The molecule has 0 aliphatic heterocycles. The van der Waals surface area contributed by atoms with Crippen molar-refractivity contribution in [1.82, 2.24) is 5.32 Å². The van der Waals surface area contributed by atoms with E-state index in [0.29, 0.717) is 29.5 Å². The number of hydrogen-bond acceptors (Lipinski definition) is 5. The zero-order valence-corrected chi connectivity index (χ0v) is 17.9. The molecule has 0 aliphatic rings. The molecule has 0 saturated carbocycles. The normalized spacial score (nSPS) is 11.9. The molecule has 1 heterocycles. The van der Waals surface area contributed by atoms with Crippen molar-refractivity contribution < 1.29 is 14.6 Å².